The van der Waals surface area contributed by atoms with Gasteiger partial charge in [-0.2, -0.15) is 0 Å². The van der Waals surface area contributed by atoms with Gasteiger partial charge in [0.25, 0.3) is 0 Å². The number of benzene rings is 6. The summed E-state index contributed by atoms with van der Waals surface area (Å²) in [5.41, 5.74) is 6.18. The highest BCUT2D eigenvalue weighted by Crippen LogP contribution is 2.44. The lowest BCUT2D eigenvalue weighted by Gasteiger charge is -2.12. The summed E-state index contributed by atoms with van der Waals surface area (Å²) in [6.07, 6.45) is 0. The molecular formula is C36H22N2S. The predicted molar refractivity (Wildman–Crippen MR) is 168 cm³/mol. The molecule has 39 heavy (non-hydrogen) atoms. The molecule has 0 amide bonds. The largest absolute Gasteiger partial charge is 0.309 e. The van der Waals surface area contributed by atoms with Crippen molar-refractivity contribution in [1.82, 2.24) is 9.13 Å². The number of thiophene rings is 1. The van der Waals surface area contributed by atoms with E-state index in [2.05, 4.69) is 143 Å². The maximum Gasteiger partial charge on any atom is 0.101 e. The highest BCUT2D eigenvalue weighted by Gasteiger charge is 2.21. The van der Waals surface area contributed by atoms with Crippen molar-refractivity contribution >= 4 is 75.8 Å². The third-order valence-corrected chi connectivity index (χ3v) is 9.20. The van der Waals surface area contributed by atoms with Crippen molar-refractivity contribution in [2.45, 2.75) is 0 Å². The normalized spacial score (nSPS) is 12.1. The van der Waals surface area contributed by atoms with Gasteiger partial charge < -0.3 is 4.57 Å². The van der Waals surface area contributed by atoms with Crippen LogP contribution >= 0.6 is 11.3 Å². The molecular weight excluding hydrogens is 492 g/mol. The molecule has 0 aliphatic heterocycles. The number of hydrogen-bond acceptors (Lipinski definition) is 1. The molecule has 0 saturated heterocycles. The fourth-order valence-electron chi connectivity index (χ4n) is 6.47. The molecule has 0 spiro atoms. The summed E-state index contributed by atoms with van der Waals surface area (Å²) in [5, 5.41) is 10.2. The van der Waals surface area contributed by atoms with Crippen molar-refractivity contribution < 1.29 is 0 Å². The lowest BCUT2D eigenvalue weighted by Crippen LogP contribution is -1.96. The topological polar surface area (TPSA) is 9.86 Å². The Hall–Kier alpha value is -4.86. The van der Waals surface area contributed by atoms with Crippen LogP contribution in [-0.2, 0) is 0 Å². The van der Waals surface area contributed by atoms with Gasteiger partial charge in [0.15, 0.2) is 0 Å². The van der Waals surface area contributed by atoms with Crippen LogP contribution in [0.25, 0.3) is 75.2 Å². The number of rotatable bonds is 2. The van der Waals surface area contributed by atoms with Crippen LogP contribution in [0.2, 0.25) is 0 Å². The first-order valence-electron chi connectivity index (χ1n) is 13.3. The zero-order valence-electron chi connectivity index (χ0n) is 21.0. The Balaban J connectivity index is 1.57. The van der Waals surface area contributed by atoms with Gasteiger partial charge in [0.1, 0.15) is 5.00 Å². The van der Waals surface area contributed by atoms with Crippen molar-refractivity contribution in [2.24, 2.45) is 0 Å². The van der Waals surface area contributed by atoms with Crippen LogP contribution < -0.4 is 0 Å². The van der Waals surface area contributed by atoms with Crippen molar-refractivity contribution in [2.75, 3.05) is 0 Å². The van der Waals surface area contributed by atoms with Crippen molar-refractivity contribution in [3.8, 4) is 10.7 Å². The van der Waals surface area contributed by atoms with Gasteiger partial charge in [0.05, 0.1) is 22.1 Å². The predicted octanol–water partition coefficient (Wildman–Crippen LogP) is 10.2. The van der Waals surface area contributed by atoms with E-state index in [-0.39, 0.29) is 0 Å². The zero-order valence-corrected chi connectivity index (χ0v) is 21.8. The van der Waals surface area contributed by atoms with E-state index < -0.39 is 0 Å². The number of nitrogens with zero attached hydrogens (tertiary/aromatic N) is 2. The highest BCUT2D eigenvalue weighted by molar-refractivity contribution is 7.21. The minimum Gasteiger partial charge on any atom is -0.309 e. The quantitative estimate of drug-likeness (QED) is 0.217. The van der Waals surface area contributed by atoms with Gasteiger partial charge in [-0.15, -0.1) is 11.3 Å². The van der Waals surface area contributed by atoms with Gasteiger partial charge in [-0.25, -0.2) is 0 Å². The molecule has 9 rings (SSSR count). The molecule has 0 radical (unpaired) electrons. The summed E-state index contributed by atoms with van der Waals surface area (Å²) in [7, 11) is 0. The molecule has 0 aliphatic rings. The van der Waals surface area contributed by atoms with Gasteiger partial charge in [-0.3, -0.25) is 4.57 Å². The van der Waals surface area contributed by atoms with Crippen LogP contribution in [0, 0.1) is 0 Å². The average Bonchev–Trinajstić information content (AvgIpc) is 3.67. The monoisotopic (exact) mass is 514 g/mol. The van der Waals surface area contributed by atoms with E-state index in [9.17, 15) is 0 Å². The smallest absolute Gasteiger partial charge is 0.101 e. The average molecular weight is 515 g/mol. The molecule has 9 aromatic rings. The molecule has 182 valence electrons. The van der Waals surface area contributed by atoms with Crippen molar-refractivity contribution in [3.05, 3.63) is 133 Å². The highest BCUT2D eigenvalue weighted by atomic mass is 32.1. The number of para-hydroxylation sites is 3. The molecule has 0 aliphatic carbocycles. The lowest BCUT2D eigenvalue weighted by atomic mass is 10.0. The molecule has 3 aromatic heterocycles. The molecule has 0 unspecified atom stereocenters. The van der Waals surface area contributed by atoms with E-state index in [4.69, 9.17) is 0 Å². The fraction of sp³-hybridized carbons (Fsp3) is 0. The first kappa shape index (κ1) is 21.1. The summed E-state index contributed by atoms with van der Waals surface area (Å²) in [6, 6.07) is 48.7. The van der Waals surface area contributed by atoms with Gasteiger partial charge in [0, 0.05) is 37.3 Å². The second kappa shape index (κ2) is 7.83. The Morgan fingerprint density at radius 1 is 0.436 bits per heavy atom. The van der Waals surface area contributed by atoms with E-state index in [0.29, 0.717) is 0 Å². The maximum atomic E-state index is 2.50. The zero-order chi connectivity index (χ0) is 25.5. The van der Waals surface area contributed by atoms with Crippen LogP contribution in [0.1, 0.15) is 0 Å². The summed E-state index contributed by atoms with van der Waals surface area (Å²) in [5.74, 6) is 0. The lowest BCUT2D eigenvalue weighted by molar-refractivity contribution is 1.18. The van der Waals surface area contributed by atoms with Gasteiger partial charge in [-0.1, -0.05) is 97.1 Å². The Bertz CT molecular complexity index is 2350. The van der Waals surface area contributed by atoms with E-state index in [1.54, 1.807) is 0 Å². The molecule has 0 bridgehead atoms. The van der Waals surface area contributed by atoms with Gasteiger partial charge in [0.2, 0.25) is 0 Å². The number of fused-ring (bicyclic) bond motifs is 10. The second-order valence-corrected chi connectivity index (χ2v) is 11.2. The molecule has 6 aromatic carbocycles. The molecule has 0 atom stereocenters. The summed E-state index contributed by atoms with van der Waals surface area (Å²) < 4.78 is 6.27. The van der Waals surface area contributed by atoms with E-state index in [1.807, 2.05) is 11.3 Å². The van der Waals surface area contributed by atoms with E-state index in [0.717, 1.165) is 0 Å². The minimum atomic E-state index is 1.18. The Labute approximate surface area is 228 Å². The first-order valence-corrected chi connectivity index (χ1v) is 14.1. The second-order valence-electron chi connectivity index (χ2n) is 10.2. The van der Waals surface area contributed by atoms with Crippen LogP contribution in [0.3, 0.4) is 0 Å². The number of aromatic nitrogens is 2. The van der Waals surface area contributed by atoms with E-state index >= 15 is 0 Å². The van der Waals surface area contributed by atoms with Gasteiger partial charge in [-0.05, 0) is 47.2 Å². The van der Waals surface area contributed by atoms with Crippen LogP contribution in [0.5, 0.6) is 0 Å². The minimum absolute atomic E-state index is 1.18. The standard InChI is InChI=1S/C36H22N2S/c1-2-11-25(12-3-1)37-30-15-7-5-13-26(30)28-20-18-23-19-21-29-27-14-6-8-16-31(27)38(36(29)34(23)35(28)37)33-22-24-10-4-9-17-32(24)39-33/h1-22H. The van der Waals surface area contributed by atoms with Crippen molar-refractivity contribution in [3.63, 3.8) is 0 Å². The van der Waals surface area contributed by atoms with Crippen LogP contribution in [0.15, 0.2) is 133 Å². The van der Waals surface area contributed by atoms with Crippen LogP contribution in [0.4, 0.5) is 0 Å². The molecule has 0 fully saturated rings. The maximum absolute atomic E-state index is 2.50. The number of hydrogen-bond donors (Lipinski definition) is 0. The third kappa shape index (κ3) is 2.85. The molecule has 0 N–H and O–H groups in total. The molecule has 3 heteroatoms. The Morgan fingerprint density at radius 3 is 1.74 bits per heavy atom. The SMILES string of the molecule is c1ccc(-n2c3ccccc3c3ccc4ccc5c6ccccc6n(-c6cc7ccccc7s6)c5c4c32)cc1. The Morgan fingerprint density at radius 2 is 1.03 bits per heavy atom. The summed E-state index contributed by atoms with van der Waals surface area (Å²) in [6.45, 7) is 0. The molecule has 3 heterocycles. The summed E-state index contributed by atoms with van der Waals surface area (Å²) >= 11 is 1.86. The summed E-state index contributed by atoms with van der Waals surface area (Å²) in [4.78, 5) is 0. The molecule has 0 saturated carbocycles. The fourth-order valence-corrected chi connectivity index (χ4v) is 7.55. The molecule has 2 nitrogen and oxygen atoms in total. The Kier molecular flexibility index (Phi) is 4.24. The van der Waals surface area contributed by atoms with Crippen LogP contribution in [-0.4, -0.2) is 9.13 Å². The van der Waals surface area contributed by atoms with Gasteiger partial charge >= 0.3 is 0 Å². The van der Waals surface area contributed by atoms with E-state index in [1.165, 1.54) is 75.2 Å². The first-order chi connectivity index (χ1) is 19.4. The third-order valence-electron chi connectivity index (χ3n) is 8.10. The van der Waals surface area contributed by atoms with Crippen molar-refractivity contribution in [1.29, 1.82) is 0 Å².